The number of ketones is 1. The van der Waals surface area contributed by atoms with Crippen LogP contribution in [0.5, 0.6) is 0 Å². The van der Waals surface area contributed by atoms with Gasteiger partial charge < -0.3 is 15.3 Å². The first-order chi connectivity index (χ1) is 6.50. The van der Waals surface area contributed by atoms with Crippen LogP contribution in [0.2, 0.25) is 0 Å². The summed E-state index contributed by atoms with van der Waals surface area (Å²) in [6, 6.07) is 0. The fraction of sp³-hybridized carbons (Fsp3) is 0.429. The highest BCUT2D eigenvalue weighted by Crippen LogP contribution is 2.06. The maximum atomic E-state index is 10.9. The number of Topliss-reactive ketones (excluding diaryl/α,β-unsaturated/α-hetero) is 1. The Hall–Kier alpha value is -1.92. The first-order valence-corrected chi connectivity index (χ1v) is 3.82. The monoisotopic (exact) mass is 200 g/mol. The van der Waals surface area contributed by atoms with Crippen LogP contribution in [0.3, 0.4) is 0 Å². The Kier molecular flexibility index (Phi) is 2.80. The van der Waals surface area contributed by atoms with Crippen LogP contribution < -0.4 is 5.32 Å². The number of carbonyl (C=O) groups excluding carboxylic acids is 2. The molecule has 1 rings (SSSR count). The molecule has 1 aliphatic heterocycles. The first-order valence-electron chi connectivity index (χ1n) is 3.82. The van der Waals surface area contributed by atoms with Gasteiger partial charge in [-0.05, 0) is 6.92 Å². The van der Waals surface area contributed by atoms with E-state index in [1.54, 1.807) is 6.92 Å². The van der Waals surface area contributed by atoms with Crippen molar-refractivity contribution in [1.29, 1.82) is 0 Å². The molecule has 0 radical (unpaired) electrons. The lowest BCUT2D eigenvalue weighted by Crippen LogP contribution is -2.39. The molecule has 7 nitrogen and oxygen atoms in total. The number of hydrogen-bond acceptors (Lipinski definition) is 5. The lowest BCUT2D eigenvalue weighted by molar-refractivity contribution is -0.153. The molecule has 0 saturated heterocycles. The van der Waals surface area contributed by atoms with Gasteiger partial charge in [0.05, 0.1) is 0 Å². The molecule has 76 valence electrons. The molecule has 0 aromatic carbocycles. The maximum absolute atomic E-state index is 10.9. The summed E-state index contributed by atoms with van der Waals surface area (Å²) in [5.74, 6) is -4.37. The topological polar surface area (TPSA) is 105 Å². The minimum Gasteiger partial charge on any atom is -0.475 e. The van der Waals surface area contributed by atoms with Crippen molar-refractivity contribution < 1.29 is 24.3 Å². The van der Waals surface area contributed by atoms with Gasteiger partial charge in [0, 0.05) is 6.42 Å². The summed E-state index contributed by atoms with van der Waals surface area (Å²) >= 11 is 0. The van der Waals surface area contributed by atoms with Gasteiger partial charge in [-0.1, -0.05) is 5.16 Å². The van der Waals surface area contributed by atoms with E-state index in [2.05, 4.69) is 5.16 Å². The summed E-state index contributed by atoms with van der Waals surface area (Å²) in [6.45, 7) is 1.72. The first kappa shape index (κ1) is 10.2. The zero-order valence-electron chi connectivity index (χ0n) is 7.31. The molecule has 1 heterocycles. The van der Waals surface area contributed by atoms with Crippen LogP contribution in [0.15, 0.2) is 5.16 Å². The zero-order valence-corrected chi connectivity index (χ0v) is 7.31. The zero-order chi connectivity index (χ0) is 10.7. The molecule has 0 bridgehead atoms. The Morgan fingerprint density at radius 2 is 2.21 bits per heavy atom. The quantitative estimate of drug-likeness (QED) is 0.433. The number of amides is 1. The maximum Gasteiger partial charge on any atom is 0.382 e. The second-order valence-electron chi connectivity index (χ2n) is 2.75. The molecule has 0 aliphatic carbocycles. The average Bonchev–Trinajstić information content (AvgIpc) is 2.49. The molecule has 0 spiro atoms. The van der Waals surface area contributed by atoms with Gasteiger partial charge in [-0.15, -0.1) is 0 Å². The molecular formula is C7H8N2O5. The average molecular weight is 200 g/mol. The van der Waals surface area contributed by atoms with E-state index < -0.39 is 17.7 Å². The SMILES string of the molecule is CC1CC(NC(=O)C(=O)C(=O)O)=NO1. The minimum absolute atomic E-state index is 0.164. The minimum atomic E-state index is -1.80. The number of carboxylic acid groups (broad SMARTS) is 1. The van der Waals surface area contributed by atoms with Crippen LogP contribution in [0.1, 0.15) is 13.3 Å². The van der Waals surface area contributed by atoms with Gasteiger partial charge in [-0.3, -0.25) is 9.59 Å². The van der Waals surface area contributed by atoms with Crippen molar-refractivity contribution in [2.45, 2.75) is 19.4 Å². The van der Waals surface area contributed by atoms with Crippen molar-refractivity contribution in [2.75, 3.05) is 0 Å². The number of oxime groups is 1. The number of nitrogens with zero attached hydrogens (tertiary/aromatic N) is 1. The molecule has 2 N–H and O–H groups in total. The fourth-order valence-corrected chi connectivity index (χ4v) is 0.859. The summed E-state index contributed by atoms with van der Waals surface area (Å²) in [5, 5.41) is 13.7. The van der Waals surface area contributed by atoms with Gasteiger partial charge >= 0.3 is 17.7 Å². The number of nitrogens with one attached hydrogen (secondary N) is 1. The summed E-state index contributed by atoms with van der Waals surface area (Å²) in [6.07, 6.45) is 0.170. The van der Waals surface area contributed by atoms with Crippen molar-refractivity contribution in [3.63, 3.8) is 0 Å². The van der Waals surface area contributed by atoms with E-state index in [4.69, 9.17) is 9.94 Å². The van der Waals surface area contributed by atoms with Gasteiger partial charge in [-0.25, -0.2) is 4.79 Å². The van der Waals surface area contributed by atoms with Crippen LogP contribution in [0.4, 0.5) is 0 Å². The van der Waals surface area contributed by atoms with Gasteiger partial charge in [0.25, 0.3) is 0 Å². The van der Waals surface area contributed by atoms with E-state index in [0.717, 1.165) is 0 Å². The molecule has 0 fully saturated rings. The van der Waals surface area contributed by atoms with E-state index in [9.17, 15) is 14.4 Å². The van der Waals surface area contributed by atoms with Gasteiger partial charge in [0.2, 0.25) is 0 Å². The van der Waals surface area contributed by atoms with Crippen molar-refractivity contribution >= 4 is 23.5 Å². The van der Waals surface area contributed by atoms with Gasteiger partial charge in [-0.2, -0.15) is 0 Å². The van der Waals surface area contributed by atoms with E-state index in [1.165, 1.54) is 0 Å². The molecule has 0 saturated carbocycles. The Labute approximate surface area is 78.7 Å². The largest absolute Gasteiger partial charge is 0.475 e. The van der Waals surface area contributed by atoms with Crippen molar-refractivity contribution in [3.05, 3.63) is 0 Å². The Morgan fingerprint density at radius 1 is 1.57 bits per heavy atom. The second kappa shape index (κ2) is 3.86. The lowest BCUT2D eigenvalue weighted by Gasteiger charge is -1.98. The van der Waals surface area contributed by atoms with E-state index in [-0.39, 0.29) is 11.9 Å². The highest BCUT2D eigenvalue weighted by molar-refractivity contribution is 6.62. The van der Waals surface area contributed by atoms with Crippen LogP contribution in [0.25, 0.3) is 0 Å². The van der Waals surface area contributed by atoms with Gasteiger partial charge in [0.15, 0.2) is 5.84 Å². The molecule has 7 heteroatoms. The molecule has 1 unspecified atom stereocenters. The van der Waals surface area contributed by atoms with Crippen molar-refractivity contribution in [3.8, 4) is 0 Å². The Morgan fingerprint density at radius 3 is 2.64 bits per heavy atom. The Balaban J connectivity index is 2.50. The summed E-state index contributed by atoms with van der Waals surface area (Å²) < 4.78 is 0. The van der Waals surface area contributed by atoms with Crippen LogP contribution in [-0.2, 0) is 19.2 Å². The molecule has 1 atom stereocenters. The molecular weight excluding hydrogens is 192 g/mol. The summed E-state index contributed by atoms with van der Waals surface area (Å²) in [5.41, 5.74) is 0. The summed E-state index contributed by atoms with van der Waals surface area (Å²) in [7, 11) is 0. The molecule has 0 aromatic rings. The van der Waals surface area contributed by atoms with E-state index in [1.807, 2.05) is 5.32 Å². The van der Waals surface area contributed by atoms with E-state index in [0.29, 0.717) is 6.42 Å². The predicted molar refractivity (Wildman–Crippen MR) is 43.4 cm³/mol. The number of carbonyl (C=O) groups is 3. The van der Waals surface area contributed by atoms with Crippen LogP contribution in [0, 0.1) is 0 Å². The van der Waals surface area contributed by atoms with Crippen molar-refractivity contribution in [2.24, 2.45) is 5.16 Å². The second-order valence-corrected chi connectivity index (χ2v) is 2.75. The third-order valence-corrected chi connectivity index (χ3v) is 1.48. The number of hydrogen-bond donors (Lipinski definition) is 2. The standard InChI is InChI=1S/C7H8N2O5/c1-3-2-4(9-14-3)8-6(11)5(10)7(12)13/h3H,2H2,1H3,(H,12,13)(H,8,9,11). The van der Waals surface area contributed by atoms with E-state index >= 15 is 0 Å². The predicted octanol–water partition coefficient (Wildman–Crippen LogP) is -1.12. The van der Waals surface area contributed by atoms with Crippen LogP contribution in [-0.4, -0.2) is 34.7 Å². The number of carboxylic acids is 1. The molecule has 14 heavy (non-hydrogen) atoms. The van der Waals surface area contributed by atoms with Gasteiger partial charge in [0.1, 0.15) is 6.10 Å². The Bertz CT molecular complexity index is 322. The number of aliphatic carboxylic acids is 1. The highest BCUT2D eigenvalue weighted by Gasteiger charge is 2.25. The lowest BCUT2D eigenvalue weighted by atomic mass is 10.2. The van der Waals surface area contributed by atoms with Crippen molar-refractivity contribution in [1.82, 2.24) is 5.32 Å². The fourth-order valence-electron chi connectivity index (χ4n) is 0.859. The number of amidine groups is 1. The molecule has 1 amide bonds. The summed E-state index contributed by atoms with van der Waals surface area (Å²) in [4.78, 5) is 36.3. The van der Waals surface area contributed by atoms with Crippen LogP contribution >= 0.6 is 0 Å². The molecule has 0 aromatic heterocycles. The smallest absolute Gasteiger partial charge is 0.382 e. The third-order valence-electron chi connectivity index (χ3n) is 1.48. The third kappa shape index (κ3) is 2.28. The normalized spacial score (nSPS) is 19.5. The number of rotatable bonds is 2. The highest BCUT2D eigenvalue weighted by atomic mass is 16.6. The molecule has 1 aliphatic rings.